The van der Waals surface area contributed by atoms with Crippen LogP contribution in [0.15, 0.2) is 6.07 Å². The predicted octanol–water partition coefficient (Wildman–Crippen LogP) is 2.70. The van der Waals surface area contributed by atoms with Gasteiger partial charge in [-0.25, -0.2) is 8.78 Å². The second-order valence-corrected chi connectivity index (χ2v) is 4.79. The molecule has 0 saturated carbocycles. The van der Waals surface area contributed by atoms with Gasteiger partial charge in [0.05, 0.1) is 16.0 Å². The fourth-order valence-electron chi connectivity index (χ4n) is 1.76. The van der Waals surface area contributed by atoms with Crippen LogP contribution in [0.5, 0.6) is 0 Å². The van der Waals surface area contributed by atoms with Crippen molar-refractivity contribution in [3.05, 3.63) is 23.3 Å². The Bertz CT molecular complexity index is 640. The molecule has 0 radical (unpaired) electrons. The monoisotopic (exact) mass is 253 g/mol. The van der Waals surface area contributed by atoms with E-state index >= 15 is 0 Å². The predicted molar refractivity (Wildman–Crippen MR) is 65.2 cm³/mol. The average molecular weight is 253 g/mol. The van der Waals surface area contributed by atoms with Crippen LogP contribution in [0.2, 0.25) is 0 Å². The minimum Gasteiger partial charge on any atom is -0.389 e. The first-order chi connectivity index (χ1) is 7.97. The lowest BCUT2D eigenvalue weighted by Gasteiger charge is -2.15. The van der Waals surface area contributed by atoms with Gasteiger partial charge in [0.1, 0.15) is 22.7 Å². The van der Waals surface area contributed by atoms with E-state index < -0.39 is 11.6 Å². The standard InChI is InChI=1S/C11H9F2N3S/c1-16(2)9-6(12)3-7(13)10-8(9)5(4-14)11(15)17-10/h3H,15H2,1-2H3. The van der Waals surface area contributed by atoms with E-state index in [9.17, 15) is 8.78 Å². The maximum absolute atomic E-state index is 13.7. The molecular formula is C11H9F2N3S. The highest BCUT2D eigenvalue weighted by molar-refractivity contribution is 7.23. The van der Waals surface area contributed by atoms with E-state index in [1.807, 2.05) is 6.07 Å². The summed E-state index contributed by atoms with van der Waals surface area (Å²) in [6.45, 7) is 0. The molecule has 2 rings (SSSR count). The van der Waals surface area contributed by atoms with Crippen LogP contribution in [-0.2, 0) is 0 Å². The summed E-state index contributed by atoms with van der Waals surface area (Å²) in [6.07, 6.45) is 0. The van der Waals surface area contributed by atoms with Crippen LogP contribution >= 0.6 is 11.3 Å². The number of nitrogens with two attached hydrogens (primary N) is 1. The Morgan fingerprint density at radius 2 is 2.00 bits per heavy atom. The molecule has 0 bridgehead atoms. The Kier molecular flexibility index (Phi) is 2.63. The normalized spacial score (nSPS) is 10.5. The molecule has 17 heavy (non-hydrogen) atoms. The van der Waals surface area contributed by atoms with Crippen LogP contribution in [-0.4, -0.2) is 14.1 Å². The first kappa shape index (κ1) is 11.6. The minimum absolute atomic E-state index is 0.132. The number of nitriles is 1. The number of halogens is 2. The molecule has 0 atom stereocenters. The number of fused-ring (bicyclic) bond motifs is 1. The van der Waals surface area contributed by atoms with E-state index in [-0.39, 0.29) is 26.3 Å². The van der Waals surface area contributed by atoms with E-state index in [1.54, 1.807) is 14.1 Å². The number of nitrogens with zero attached hydrogens (tertiary/aromatic N) is 2. The van der Waals surface area contributed by atoms with Gasteiger partial charge in [-0.15, -0.1) is 11.3 Å². The molecule has 1 aromatic heterocycles. The summed E-state index contributed by atoms with van der Waals surface area (Å²) in [5, 5.41) is 9.46. The molecule has 2 aromatic rings. The van der Waals surface area contributed by atoms with E-state index in [2.05, 4.69) is 0 Å². The van der Waals surface area contributed by atoms with Gasteiger partial charge >= 0.3 is 0 Å². The summed E-state index contributed by atoms with van der Waals surface area (Å²) < 4.78 is 27.5. The van der Waals surface area contributed by atoms with Crippen molar-refractivity contribution in [3.8, 4) is 6.07 Å². The Labute approximate surface area is 101 Å². The fourth-order valence-corrected chi connectivity index (χ4v) is 2.68. The largest absolute Gasteiger partial charge is 0.389 e. The molecule has 0 saturated heterocycles. The number of hydrogen-bond donors (Lipinski definition) is 1. The van der Waals surface area contributed by atoms with Crippen molar-refractivity contribution in [2.24, 2.45) is 0 Å². The quantitative estimate of drug-likeness (QED) is 0.850. The Morgan fingerprint density at radius 1 is 1.35 bits per heavy atom. The van der Waals surface area contributed by atoms with Crippen LogP contribution in [0.1, 0.15) is 5.56 Å². The lowest BCUT2D eigenvalue weighted by atomic mass is 10.1. The molecule has 1 heterocycles. The number of rotatable bonds is 1. The Balaban J connectivity index is 3.03. The van der Waals surface area contributed by atoms with Crippen molar-refractivity contribution in [1.29, 1.82) is 5.26 Å². The third kappa shape index (κ3) is 1.59. The number of hydrogen-bond acceptors (Lipinski definition) is 4. The highest BCUT2D eigenvalue weighted by atomic mass is 32.1. The van der Waals surface area contributed by atoms with E-state index in [4.69, 9.17) is 11.0 Å². The van der Waals surface area contributed by atoms with Crippen molar-refractivity contribution in [2.45, 2.75) is 0 Å². The smallest absolute Gasteiger partial charge is 0.150 e. The van der Waals surface area contributed by atoms with Gasteiger partial charge in [0.2, 0.25) is 0 Å². The lowest BCUT2D eigenvalue weighted by molar-refractivity contribution is 0.592. The molecule has 0 aliphatic carbocycles. The van der Waals surface area contributed by atoms with Crippen molar-refractivity contribution in [2.75, 3.05) is 24.7 Å². The van der Waals surface area contributed by atoms with Crippen molar-refractivity contribution < 1.29 is 8.78 Å². The van der Waals surface area contributed by atoms with Crippen molar-refractivity contribution in [3.63, 3.8) is 0 Å². The van der Waals surface area contributed by atoms with Gasteiger partial charge in [0, 0.05) is 25.5 Å². The van der Waals surface area contributed by atoms with Crippen LogP contribution in [0.4, 0.5) is 19.5 Å². The second-order valence-electron chi connectivity index (χ2n) is 3.74. The van der Waals surface area contributed by atoms with E-state index in [0.29, 0.717) is 0 Å². The van der Waals surface area contributed by atoms with Gasteiger partial charge < -0.3 is 10.6 Å². The topological polar surface area (TPSA) is 53.0 Å². The maximum atomic E-state index is 13.7. The summed E-state index contributed by atoms with van der Waals surface area (Å²) in [5.74, 6) is -1.39. The highest BCUT2D eigenvalue weighted by Gasteiger charge is 2.21. The first-order valence-electron chi connectivity index (χ1n) is 4.74. The molecule has 0 spiro atoms. The summed E-state index contributed by atoms with van der Waals surface area (Å²) in [5.41, 5.74) is 5.96. The van der Waals surface area contributed by atoms with E-state index in [0.717, 1.165) is 17.4 Å². The summed E-state index contributed by atoms with van der Waals surface area (Å²) in [6, 6.07) is 2.71. The highest BCUT2D eigenvalue weighted by Crippen LogP contribution is 2.41. The van der Waals surface area contributed by atoms with Crippen molar-refractivity contribution in [1.82, 2.24) is 0 Å². The van der Waals surface area contributed by atoms with Gasteiger partial charge in [-0.05, 0) is 0 Å². The van der Waals surface area contributed by atoms with Crippen LogP contribution < -0.4 is 10.6 Å². The zero-order valence-electron chi connectivity index (χ0n) is 9.21. The molecule has 0 aliphatic heterocycles. The molecule has 1 aromatic carbocycles. The van der Waals surface area contributed by atoms with Crippen LogP contribution in [0, 0.1) is 23.0 Å². The second kappa shape index (κ2) is 3.86. The molecule has 0 fully saturated rings. The molecule has 0 amide bonds. The molecule has 3 nitrogen and oxygen atoms in total. The van der Waals surface area contributed by atoms with E-state index in [1.165, 1.54) is 4.90 Å². The van der Waals surface area contributed by atoms with Gasteiger partial charge in [-0.2, -0.15) is 5.26 Å². The Hall–Kier alpha value is -1.87. The first-order valence-corrected chi connectivity index (χ1v) is 5.56. The summed E-state index contributed by atoms with van der Waals surface area (Å²) in [4.78, 5) is 1.50. The van der Waals surface area contributed by atoms with Gasteiger partial charge in [-0.1, -0.05) is 0 Å². The molecule has 88 valence electrons. The third-order valence-corrected chi connectivity index (χ3v) is 3.46. The number of anilines is 2. The Morgan fingerprint density at radius 3 is 2.53 bits per heavy atom. The molecule has 0 aliphatic rings. The fraction of sp³-hybridized carbons (Fsp3) is 0.182. The molecule has 0 unspecified atom stereocenters. The summed E-state index contributed by atoms with van der Waals surface area (Å²) >= 11 is 0.957. The molecule has 2 N–H and O–H groups in total. The van der Waals surface area contributed by atoms with Gasteiger partial charge in [-0.3, -0.25) is 0 Å². The SMILES string of the molecule is CN(C)c1c(F)cc(F)c2sc(N)c(C#N)c12. The zero-order valence-corrected chi connectivity index (χ0v) is 10.0. The average Bonchev–Trinajstić information content (AvgIpc) is 2.54. The molecule has 6 heteroatoms. The minimum atomic E-state index is -0.700. The van der Waals surface area contributed by atoms with Crippen LogP contribution in [0.3, 0.4) is 0 Å². The maximum Gasteiger partial charge on any atom is 0.150 e. The van der Waals surface area contributed by atoms with Gasteiger partial charge in [0.25, 0.3) is 0 Å². The van der Waals surface area contributed by atoms with Gasteiger partial charge in [0.15, 0.2) is 0 Å². The third-order valence-electron chi connectivity index (χ3n) is 2.43. The van der Waals surface area contributed by atoms with Crippen LogP contribution in [0.25, 0.3) is 10.1 Å². The zero-order chi connectivity index (χ0) is 12.7. The number of thiophene rings is 1. The number of benzene rings is 1. The lowest BCUT2D eigenvalue weighted by Crippen LogP contribution is -2.11. The van der Waals surface area contributed by atoms with Crippen molar-refractivity contribution >= 4 is 32.1 Å². The molecular weight excluding hydrogens is 244 g/mol. The summed E-state index contributed by atoms with van der Waals surface area (Å²) in [7, 11) is 3.26. The number of nitrogen functional groups attached to an aromatic ring is 1.